The molecule has 0 heterocycles. The zero-order valence-electron chi connectivity index (χ0n) is 11.0. The number of aromatic hydroxyl groups is 1. The van der Waals surface area contributed by atoms with Gasteiger partial charge >= 0.3 is 0 Å². The summed E-state index contributed by atoms with van der Waals surface area (Å²) in [5, 5.41) is 13.3. The molecule has 1 aromatic rings. The Morgan fingerprint density at radius 2 is 2.06 bits per heavy atom. The highest BCUT2D eigenvalue weighted by molar-refractivity contribution is 5.36. The van der Waals surface area contributed by atoms with Crippen LogP contribution >= 0.6 is 0 Å². The highest BCUT2D eigenvalue weighted by Crippen LogP contribution is 2.21. The Kier molecular flexibility index (Phi) is 5.45. The van der Waals surface area contributed by atoms with Crippen molar-refractivity contribution in [1.82, 2.24) is 5.32 Å². The number of aryl methyl sites for hydroxylation is 1. The van der Waals surface area contributed by atoms with E-state index in [9.17, 15) is 5.11 Å². The van der Waals surface area contributed by atoms with Gasteiger partial charge in [0.1, 0.15) is 5.75 Å². The predicted molar refractivity (Wildman–Crippen MR) is 72.2 cm³/mol. The molecule has 3 heteroatoms. The van der Waals surface area contributed by atoms with Gasteiger partial charge in [0.15, 0.2) is 0 Å². The average Bonchev–Trinajstić information content (AvgIpc) is 2.28. The van der Waals surface area contributed by atoms with Gasteiger partial charge in [0.25, 0.3) is 0 Å². The maximum Gasteiger partial charge on any atom is 0.118 e. The molecule has 1 unspecified atom stereocenters. The van der Waals surface area contributed by atoms with Gasteiger partial charge in [-0.2, -0.15) is 0 Å². The number of nitrogens with two attached hydrogens (primary N) is 1. The Morgan fingerprint density at radius 1 is 1.35 bits per heavy atom. The summed E-state index contributed by atoms with van der Waals surface area (Å²) in [5.74, 6) is 0.900. The monoisotopic (exact) mass is 236 g/mol. The fraction of sp³-hybridized carbons (Fsp3) is 0.571. The van der Waals surface area contributed by atoms with E-state index in [1.165, 1.54) is 5.56 Å². The molecule has 0 saturated heterocycles. The topological polar surface area (TPSA) is 58.3 Å². The van der Waals surface area contributed by atoms with Crippen molar-refractivity contribution in [2.75, 3.05) is 13.1 Å². The highest BCUT2D eigenvalue weighted by Gasteiger charge is 2.15. The van der Waals surface area contributed by atoms with Gasteiger partial charge in [0, 0.05) is 19.1 Å². The number of benzene rings is 1. The van der Waals surface area contributed by atoms with Crippen LogP contribution in [-0.4, -0.2) is 24.2 Å². The Hall–Kier alpha value is -1.06. The lowest BCUT2D eigenvalue weighted by molar-refractivity contribution is 0.392. The molecule has 0 bridgehead atoms. The molecule has 1 rings (SSSR count). The van der Waals surface area contributed by atoms with E-state index in [4.69, 9.17) is 5.73 Å². The summed E-state index contributed by atoms with van der Waals surface area (Å²) in [5.41, 5.74) is 7.70. The number of phenols is 1. The van der Waals surface area contributed by atoms with Crippen molar-refractivity contribution in [2.45, 2.75) is 33.2 Å². The molecular weight excluding hydrogens is 212 g/mol. The zero-order valence-corrected chi connectivity index (χ0v) is 11.0. The molecule has 96 valence electrons. The van der Waals surface area contributed by atoms with Gasteiger partial charge in [0.2, 0.25) is 0 Å². The summed E-state index contributed by atoms with van der Waals surface area (Å²) in [7, 11) is 0. The van der Waals surface area contributed by atoms with Crippen molar-refractivity contribution in [3.8, 4) is 5.75 Å². The third kappa shape index (κ3) is 4.36. The Bertz CT molecular complexity index is 350. The molecule has 0 fully saturated rings. The lowest BCUT2D eigenvalue weighted by atomic mass is 9.95. The van der Waals surface area contributed by atoms with Gasteiger partial charge < -0.3 is 16.2 Å². The van der Waals surface area contributed by atoms with E-state index in [-0.39, 0.29) is 0 Å². The molecule has 0 aromatic heterocycles. The van der Waals surface area contributed by atoms with Crippen molar-refractivity contribution in [2.24, 2.45) is 11.7 Å². The normalized spacial score (nSPS) is 13.0. The van der Waals surface area contributed by atoms with Crippen LogP contribution in [0.2, 0.25) is 0 Å². The highest BCUT2D eigenvalue weighted by atomic mass is 16.3. The van der Waals surface area contributed by atoms with Gasteiger partial charge in [-0.05, 0) is 30.9 Å². The van der Waals surface area contributed by atoms with E-state index in [2.05, 4.69) is 25.2 Å². The van der Waals surface area contributed by atoms with Crippen molar-refractivity contribution >= 4 is 0 Å². The molecule has 0 radical (unpaired) electrons. The van der Waals surface area contributed by atoms with E-state index < -0.39 is 0 Å². The van der Waals surface area contributed by atoms with Crippen LogP contribution < -0.4 is 11.1 Å². The predicted octanol–water partition coefficient (Wildman–Crippen LogP) is 1.82. The summed E-state index contributed by atoms with van der Waals surface area (Å²) in [6, 6.07) is 6.10. The first kappa shape index (κ1) is 14.0. The minimum absolute atomic E-state index is 0.353. The number of nitrogens with one attached hydrogen (secondary N) is 1. The molecular formula is C14H24N2O. The van der Waals surface area contributed by atoms with E-state index >= 15 is 0 Å². The first-order valence-electron chi connectivity index (χ1n) is 6.26. The molecule has 0 amide bonds. The molecule has 0 saturated carbocycles. The minimum atomic E-state index is 0.353. The first-order chi connectivity index (χ1) is 8.04. The van der Waals surface area contributed by atoms with E-state index in [1.807, 2.05) is 13.0 Å². The fourth-order valence-corrected chi connectivity index (χ4v) is 1.93. The number of hydrogen-bond acceptors (Lipinski definition) is 3. The second kappa shape index (κ2) is 6.62. The van der Waals surface area contributed by atoms with Crippen LogP contribution in [0.15, 0.2) is 18.2 Å². The van der Waals surface area contributed by atoms with Gasteiger partial charge in [-0.25, -0.2) is 0 Å². The Morgan fingerprint density at radius 3 is 2.65 bits per heavy atom. The fourth-order valence-electron chi connectivity index (χ4n) is 1.93. The van der Waals surface area contributed by atoms with Crippen molar-refractivity contribution < 1.29 is 5.11 Å². The largest absolute Gasteiger partial charge is 0.508 e. The standard InChI is InChI=1S/C14H24N2O/c1-10(2)13(16-7-6-15)9-12-8-11(3)4-5-14(12)17/h4-5,8,10,13,16-17H,6-7,9,15H2,1-3H3. The van der Waals surface area contributed by atoms with Crippen LogP contribution in [0.3, 0.4) is 0 Å². The summed E-state index contributed by atoms with van der Waals surface area (Å²) < 4.78 is 0. The summed E-state index contributed by atoms with van der Waals surface area (Å²) in [6.45, 7) is 7.86. The SMILES string of the molecule is Cc1ccc(O)c(CC(NCCN)C(C)C)c1. The molecule has 0 aliphatic rings. The molecule has 1 aromatic carbocycles. The first-order valence-corrected chi connectivity index (χ1v) is 6.26. The third-order valence-corrected chi connectivity index (χ3v) is 3.03. The van der Waals surface area contributed by atoms with Gasteiger partial charge in [-0.15, -0.1) is 0 Å². The van der Waals surface area contributed by atoms with E-state index in [1.54, 1.807) is 6.07 Å². The maximum absolute atomic E-state index is 9.84. The van der Waals surface area contributed by atoms with E-state index in [0.29, 0.717) is 24.3 Å². The molecule has 4 N–H and O–H groups in total. The minimum Gasteiger partial charge on any atom is -0.508 e. The number of hydrogen-bond donors (Lipinski definition) is 3. The van der Waals surface area contributed by atoms with Crippen LogP contribution in [0, 0.1) is 12.8 Å². The number of phenolic OH excluding ortho intramolecular Hbond substituents is 1. The van der Waals surface area contributed by atoms with Gasteiger partial charge in [0.05, 0.1) is 0 Å². The molecule has 17 heavy (non-hydrogen) atoms. The van der Waals surface area contributed by atoms with Crippen LogP contribution in [0.5, 0.6) is 5.75 Å². The molecule has 0 spiro atoms. The Labute approximate surface area is 104 Å². The van der Waals surface area contributed by atoms with Crippen LogP contribution in [0.25, 0.3) is 0 Å². The van der Waals surface area contributed by atoms with Crippen molar-refractivity contribution in [3.05, 3.63) is 29.3 Å². The summed E-state index contributed by atoms with van der Waals surface area (Å²) in [4.78, 5) is 0. The van der Waals surface area contributed by atoms with Crippen molar-refractivity contribution in [1.29, 1.82) is 0 Å². The zero-order chi connectivity index (χ0) is 12.8. The van der Waals surface area contributed by atoms with Crippen LogP contribution in [0.1, 0.15) is 25.0 Å². The average molecular weight is 236 g/mol. The smallest absolute Gasteiger partial charge is 0.118 e. The molecule has 3 nitrogen and oxygen atoms in total. The third-order valence-electron chi connectivity index (χ3n) is 3.03. The van der Waals surface area contributed by atoms with Crippen LogP contribution in [0.4, 0.5) is 0 Å². The van der Waals surface area contributed by atoms with Crippen LogP contribution in [-0.2, 0) is 6.42 Å². The molecule has 0 aliphatic heterocycles. The quantitative estimate of drug-likeness (QED) is 0.706. The molecule has 0 aliphatic carbocycles. The lowest BCUT2D eigenvalue weighted by Crippen LogP contribution is -2.38. The molecule has 1 atom stereocenters. The van der Waals surface area contributed by atoms with Gasteiger partial charge in [-0.3, -0.25) is 0 Å². The van der Waals surface area contributed by atoms with E-state index in [0.717, 1.165) is 18.5 Å². The summed E-state index contributed by atoms with van der Waals surface area (Å²) >= 11 is 0. The lowest BCUT2D eigenvalue weighted by Gasteiger charge is -2.23. The second-order valence-electron chi connectivity index (χ2n) is 4.93. The number of rotatable bonds is 6. The van der Waals surface area contributed by atoms with Crippen molar-refractivity contribution in [3.63, 3.8) is 0 Å². The van der Waals surface area contributed by atoms with Gasteiger partial charge in [-0.1, -0.05) is 31.5 Å². The second-order valence-corrected chi connectivity index (χ2v) is 4.93. The Balaban J connectivity index is 2.74. The summed E-state index contributed by atoms with van der Waals surface area (Å²) in [6.07, 6.45) is 0.838. The maximum atomic E-state index is 9.84.